The lowest BCUT2D eigenvalue weighted by Gasteiger charge is -2.36. The third-order valence-corrected chi connectivity index (χ3v) is 7.13. The van der Waals surface area contributed by atoms with Crippen molar-refractivity contribution in [1.82, 2.24) is 5.32 Å². The van der Waals surface area contributed by atoms with E-state index in [9.17, 15) is 18.8 Å². The molecule has 3 aromatic carbocycles. The number of carbonyl (C=O) groups excluding carboxylic acids is 3. The molecule has 0 bridgehead atoms. The smallest absolute Gasteiger partial charge is 0.272 e. The van der Waals surface area contributed by atoms with E-state index < -0.39 is 23.9 Å². The summed E-state index contributed by atoms with van der Waals surface area (Å²) in [5, 5.41) is 5.85. The Bertz CT molecular complexity index is 1360. The van der Waals surface area contributed by atoms with E-state index in [2.05, 4.69) is 10.6 Å². The molecule has 1 aliphatic carbocycles. The van der Waals surface area contributed by atoms with Crippen LogP contribution in [-0.2, 0) is 14.4 Å². The molecule has 3 aromatic rings. The van der Waals surface area contributed by atoms with Gasteiger partial charge in [0, 0.05) is 24.3 Å². The number of fused-ring (bicyclic) bond motifs is 1. The molecule has 3 amide bonds. The molecule has 9 heteroatoms. The number of nitrogens with zero attached hydrogens (tertiary/aromatic N) is 1. The number of amides is 3. The van der Waals surface area contributed by atoms with E-state index in [1.54, 1.807) is 42.5 Å². The molecule has 5 rings (SSSR count). The number of carbonyl (C=O) groups is 3. The number of anilines is 2. The molecular weight excluding hydrogens is 513 g/mol. The van der Waals surface area contributed by atoms with Crippen LogP contribution in [0.25, 0.3) is 0 Å². The van der Waals surface area contributed by atoms with Crippen LogP contribution in [0.15, 0.2) is 72.8 Å². The quantitative estimate of drug-likeness (QED) is 0.428. The summed E-state index contributed by atoms with van der Waals surface area (Å²) in [7, 11) is 0. The lowest BCUT2D eigenvalue weighted by molar-refractivity contribution is -0.132. The molecule has 0 unspecified atom stereocenters. The van der Waals surface area contributed by atoms with Gasteiger partial charge in [-0.2, -0.15) is 0 Å². The molecule has 40 heavy (non-hydrogen) atoms. The lowest BCUT2D eigenvalue weighted by atomic mass is 9.94. The molecule has 1 saturated carbocycles. The second-order valence-electron chi connectivity index (χ2n) is 10.1. The van der Waals surface area contributed by atoms with Crippen LogP contribution in [0.3, 0.4) is 0 Å². The highest BCUT2D eigenvalue weighted by Gasteiger charge is 2.39. The first-order valence-electron chi connectivity index (χ1n) is 13.5. The molecule has 2 atom stereocenters. The number of hydrogen-bond acceptors (Lipinski definition) is 5. The molecule has 1 aliphatic heterocycles. The summed E-state index contributed by atoms with van der Waals surface area (Å²) in [6, 6.07) is 18.2. The molecule has 0 radical (unpaired) electrons. The summed E-state index contributed by atoms with van der Waals surface area (Å²) in [5.41, 5.74) is 1.40. The highest BCUT2D eigenvalue weighted by atomic mass is 19.1. The monoisotopic (exact) mass is 545 g/mol. The number of benzene rings is 3. The molecule has 208 valence electrons. The molecular formula is C31H32FN3O5. The third-order valence-electron chi connectivity index (χ3n) is 7.13. The number of hydrogen-bond donors (Lipinski definition) is 2. The predicted octanol–water partition coefficient (Wildman–Crippen LogP) is 5.15. The van der Waals surface area contributed by atoms with Gasteiger partial charge in [0.15, 0.2) is 11.5 Å². The maximum atomic E-state index is 14.2. The van der Waals surface area contributed by atoms with Crippen LogP contribution in [0, 0.1) is 5.82 Å². The van der Waals surface area contributed by atoms with Crippen LogP contribution in [0.4, 0.5) is 15.8 Å². The van der Waals surface area contributed by atoms with Crippen LogP contribution in [0.5, 0.6) is 11.5 Å². The second-order valence-corrected chi connectivity index (χ2v) is 10.1. The first-order valence-corrected chi connectivity index (χ1v) is 13.5. The molecule has 0 spiro atoms. The summed E-state index contributed by atoms with van der Waals surface area (Å²) < 4.78 is 25.8. The number of halogens is 1. The maximum absolute atomic E-state index is 14.2. The van der Waals surface area contributed by atoms with Gasteiger partial charge < -0.3 is 20.1 Å². The van der Waals surface area contributed by atoms with Gasteiger partial charge in [-0.25, -0.2) is 4.39 Å². The Hall–Kier alpha value is -4.40. The van der Waals surface area contributed by atoms with Crippen molar-refractivity contribution in [2.75, 3.05) is 16.8 Å². The Morgan fingerprint density at radius 1 is 0.900 bits per heavy atom. The normalized spacial score (nSPS) is 17.4. The van der Waals surface area contributed by atoms with E-state index in [0.717, 1.165) is 32.1 Å². The van der Waals surface area contributed by atoms with Crippen molar-refractivity contribution < 1.29 is 28.2 Å². The summed E-state index contributed by atoms with van der Waals surface area (Å²) in [6.45, 7) is 1.36. The summed E-state index contributed by atoms with van der Waals surface area (Å²) in [5.74, 6) is -0.581. The Labute approximate surface area is 232 Å². The Morgan fingerprint density at radius 3 is 2.25 bits per heavy atom. The summed E-state index contributed by atoms with van der Waals surface area (Å²) in [6.07, 6.45) is 3.85. The van der Waals surface area contributed by atoms with Crippen LogP contribution < -0.4 is 25.0 Å². The van der Waals surface area contributed by atoms with Crippen molar-refractivity contribution in [2.24, 2.45) is 0 Å². The van der Waals surface area contributed by atoms with Crippen LogP contribution >= 0.6 is 0 Å². The molecule has 0 aromatic heterocycles. The average Bonchev–Trinajstić information content (AvgIpc) is 2.96. The fraction of sp³-hybridized carbons (Fsp3) is 0.323. The average molecular weight is 546 g/mol. The number of rotatable bonds is 7. The van der Waals surface area contributed by atoms with Crippen molar-refractivity contribution in [3.63, 3.8) is 0 Å². The van der Waals surface area contributed by atoms with Gasteiger partial charge in [-0.3, -0.25) is 19.3 Å². The van der Waals surface area contributed by atoms with Gasteiger partial charge in [0.05, 0.1) is 0 Å². The lowest BCUT2D eigenvalue weighted by Crippen LogP contribution is -2.52. The number of ether oxygens (including phenoxy) is 2. The van der Waals surface area contributed by atoms with Gasteiger partial charge >= 0.3 is 0 Å². The molecule has 2 aliphatic rings. The first-order chi connectivity index (χ1) is 19.4. The fourth-order valence-electron chi connectivity index (χ4n) is 5.20. The van der Waals surface area contributed by atoms with Gasteiger partial charge in [-0.05, 0) is 66.9 Å². The first kappa shape index (κ1) is 27.2. The van der Waals surface area contributed by atoms with E-state index in [1.807, 2.05) is 6.07 Å². The second kappa shape index (κ2) is 12.2. The highest BCUT2D eigenvalue weighted by Crippen LogP contribution is 2.35. The maximum Gasteiger partial charge on any atom is 0.272 e. The van der Waals surface area contributed by atoms with E-state index in [4.69, 9.17) is 9.47 Å². The van der Waals surface area contributed by atoms with Gasteiger partial charge in [0.1, 0.15) is 18.5 Å². The molecule has 2 N–H and O–H groups in total. The number of nitrogens with one attached hydrogen (secondary N) is 2. The zero-order chi connectivity index (χ0) is 28.1. The van der Waals surface area contributed by atoms with Crippen molar-refractivity contribution in [1.29, 1.82) is 0 Å². The van der Waals surface area contributed by atoms with Crippen LogP contribution in [0.2, 0.25) is 0 Å². The Balaban J connectivity index is 1.54. The zero-order valence-electron chi connectivity index (χ0n) is 22.3. The fourth-order valence-corrected chi connectivity index (χ4v) is 5.20. The minimum Gasteiger partial charge on any atom is -0.485 e. The third kappa shape index (κ3) is 6.25. The molecule has 8 nitrogen and oxygen atoms in total. The largest absolute Gasteiger partial charge is 0.485 e. The minimum absolute atomic E-state index is 0.00978. The van der Waals surface area contributed by atoms with Gasteiger partial charge in [-0.1, -0.05) is 43.5 Å². The van der Waals surface area contributed by atoms with Gasteiger partial charge in [0.25, 0.3) is 5.91 Å². The minimum atomic E-state index is -1.11. The topological polar surface area (TPSA) is 97.0 Å². The number of para-hydroxylation sites is 2. The Morgan fingerprint density at radius 2 is 1.57 bits per heavy atom. The van der Waals surface area contributed by atoms with Crippen molar-refractivity contribution >= 4 is 29.1 Å². The molecule has 1 heterocycles. The summed E-state index contributed by atoms with van der Waals surface area (Å²) >= 11 is 0. The highest BCUT2D eigenvalue weighted by molar-refractivity contribution is 6.04. The van der Waals surface area contributed by atoms with E-state index in [0.29, 0.717) is 28.4 Å². The molecule has 1 fully saturated rings. The van der Waals surface area contributed by atoms with Crippen LogP contribution in [-0.4, -0.2) is 36.5 Å². The van der Waals surface area contributed by atoms with Gasteiger partial charge in [0.2, 0.25) is 17.9 Å². The molecule has 0 saturated heterocycles. The van der Waals surface area contributed by atoms with E-state index in [1.165, 1.54) is 36.1 Å². The van der Waals surface area contributed by atoms with E-state index in [-0.39, 0.29) is 24.5 Å². The van der Waals surface area contributed by atoms with Gasteiger partial charge in [-0.15, -0.1) is 0 Å². The SMILES string of the molecule is CC(=O)Nc1ccc(N(C(=O)[C@@H]2COc3ccccc3O2)[C@H](C(=O)NC2CCCCC2)c2ccc(F)cc2)cc1. The predicted molar refractivity (Wildman–Crippen MR) is 149 cm³/mol. The van der Waals surface area contributed by atoms with Crippen molar-refractivity contribution in [3.8, 4) is 11.5 Å². The van der Waals surface area contributed by atoms with Crippen molar-refractivity contribution in [2.45, 2.75) is 57.2 Å². The summed E-state index contributed by atoms with van der Waals surface area (Å²) in [4.78, 5) is 41.2. The zero-order valence-corrected chi connectivity index (χ0v) is 22.3. The van der Waals surface area contributed by atoms with Crippen LogP contribution in [0.1, 0.15) is 50.6 Å². The van der Waals surface area contributed by atoms with Crippen molar-refractivity contribution in [3.05, 3.63) is 84.2 Å². The Kier molecular flexibility index (Phi) is 8.28. The standard InChI is InChI=1S/C31H32FN3O5/c1-20(36)33-24-15-17-25(18-16-24)35(31(38)28-19-39-26-9-5-6-10-27(26)40-28)29(21-11-13-22(32)14-12-21)30(37)34-23-7-3-2-4-8-23/h5-6,9-18,23,28-29H,2-4,7-8,19H2,1H3,(H,33,36)(H,34,37)/t28-,29-/m0/s1. The van der Waals surface area contributed by atoms with E-state index >= 15 is 0 Å².